The topological polar surface area (TPSA) is 141 Å². The summed E-state index contributed by atoms with van der Waals surface area (Å²) >= 11 is 2.68. The summed E-state index contributed by atoms with van der Waals surface area (Å²) in [7, 11) is 1.35. The Kier molecular flexibility index (Phi) is 11.5. The third-order valence-electron chi connectivity index (χ3n) is 7.39. The molecule has 2 aliphatic rings. The number of morpholine rings is 1. The van der Waals surface area contributed by atoms with Gasteiger partial charge in [-0.25, -0.2) is 4.79 Å². The molecular formula is C34H34N4O6S2. The second-order valence-corrected chi connectivity index (χ2v) is 12.1. The monoisotopic (exact) mass is 658 g/mol. The second-order valence-electron chi connectivity index (χ2n) is 10.3. The number of carbonyl (C=O) groups is 1. The fourth-order valence-corrected chi connectivity index (χ4v) is 6.64. The fourth-order valence-electron chi connectivity index (χ4n) is 4.84. The van der Waals surface area contributed by atoms with Crippen LogP contribution < -0.4 is 16.2 Å². The molecule has 0 saturated carbocycles. The molecule has 5 heterocycles. The molecule has 0 amide bonds. The van der Waals surface area contributed by atoms with Crippen molar-refractivity contribution in [3.63, 3.8) is 0 Å². The lowest BCUT2D eigenvalue weighted by Crippen LogP contribution is -2.37. The molecular weight excluding hydrogens is 625 g/mol. The summed E-state index contributed by atoms with van der Waals surface area (Å²) in [5, 5.41) is 12.2. The van der Waals surface area contributed by atoms with Crippen LogP contribution in [0.5, 0.6) is 0 Å². The zero-order valence-electron chi connectivity index (χ0n) is 25.3. The van der Waals surface area contributed by atoms with Crippen molar-refractivity contribution in [2.75, 3.05) is 57.3 Å². The van der Waals surface area contributed by atoms with E-state index >= 15 is 0 Å². The molecule has 0 bridgehead atoms. The Labute approximate surface area is 274 Å². The van der Waals surface area contributed by atoms with E-state index < -0.39 is 0 Å². The van der Waals surface area contributed by atoms with E-state index in [1.807, 2.05) is 76.3 Å². The second kappa shape index (κ2) is 16.1. The molecule has 2 fully saturated rings. The van der Waals surface area contributed by atoms with Crippen molar-refractivity contribution in [3.8, 4) is 28.3 Å². The van der Waals surface area contributed by atoms with Crippen LogP contribution in [0.25, 0.3) is 32.5 Å². The molecule has 5 aromatic rings. The first kappa shape index (κ1) is 32.8. The van der Waals surface area contributed by atoms with Gasteiger partial charge in [-0.1, -0.05) is 60.7 Å². The van der Waals surface area contributed by atoms with Crippen LogP contribution in [0.4, 0.5) is 11.7 Å². The number of methoxy groups -OCH3 is 1. The van der Waals surface area contributed by atoms with Gasteiger partial charge in [0.05, 0.1) is 38.0 Å². The number of hydrogen-bond donors (Lipinski definition) is 1. The number of esters is 1. The zero-order valence-corrected chi connectivity index (χ0v) is 27.0. The molecule has 2 saturated heterocycles. The van der Waals surface area contributed by atoms with E-state index in [2.05, 4.69) is 15.8 Å². The standard InChI is InChI=1S/C16H14N2O3S.C12H11NO2S.C6H9NO/c19-15-14-13(12(10-22-14)11-4-2-1-3-5-11)21-16(17-15)18-6-8-20-9-7-18;1-15-12(14)11-10(13)9(7-16-11)8-5-3-2-4-6-8;7-5-6-1-3-8-4-2-6/h1-5,10H,6-9H2;2-7H,13H2,1H3;6H,1-4H2. The highest BCUT2D eigenvalue weighted by Crippen LogP contribution is 2.35. The summed E-state index contributed by atoms with van der Waals surface area (Å²) in [4.78, 5) is 30.2. The molecule has 2 aliphatic heterocycles. The van der Waals surface area contributed by atoms with Crippen LogP contribution in [0, 0.1) is 17.2 Å². The highest BCUT2D eigenvalue weighted by molar-refractivity contribution is 7.17. The number of anilines is 2. The Morgan fingerprint density at radius 2 is 1.52 bits per heavy atom. The first-order chi connectivity index (χ1) is 22.5. The van der Waals surface area contributed by atoms with Gasteiger partial charge < -0.3 is 29.3 Å². The minimum Gasteiger partial charge on any atom is -0.465 e. The van der Waals surface area contributed by atoms with Crippen LogP contribution >= 0.6 is 22.7 Å². The lowest BCUT2D eigenvalue weighted by atomic mass is 10.0. The van der Waals surface area contributed by atoms with E-state index in [9.17, 15) is 9.59 Å². The maximum absolute atomic E-state index is 12.3. The average molecular weight is 659 g/mol. The maximum Gasteiger partial charge on any atom is 0.350 e. The van der Waals surface area contributed by atoms with E-state index in [4.69, 9.17) is 24.9 Å². The maximum atomic E-state index is 12.3. The Morgan fingerprint density at radius 3 is 2.11 bits per heavy atom. The van der Waals surface area contributed by atoms with Gasteiger partial charge in [0.1, 0.15) is 9.58 Å². The highest BCUT2D eigenvalue weighted by Gasteiger charge is 2.20. The van der Waals surface area contributed by atoms with Crippen LogP contribution in [-0.4, -0.2) is 57.6 Å². The first-order valence-electron chi connectivity index (χ1n) is 14.8. The van der Waals surface area contributed by atoms with Crippen molar-refractivity contribution in [1.29, 1.82) is 5.26 Å². The molecule has 2 aromatic carbocycles. The van der Waals surface area contributed by atoms with Gasteiger partial charge >= 0.3 is 12.0 Å². The van der Waals surface area contributed by atoms with Crippen LogP contribution in [0.15, 0.2) is 80.6 Å². The predicted molar refractivity (Wildman–Crippen MR) is 181 cm³/mol. The van der Waals surface area contributed by atoms with Crippen molar-refractivity contribution in [2.24, 2.45) is 5.92 Å². The predicted octanol–water partition coefficient (Wildman–Crippen LogP) is 6.47. The van der Waals surface area contributed by atoms with Crippen LogP contribution in [0.1, 0.15) is 22.5 Å². The quantitative estimate of drug-likeness (QED) is 0.214. The summed E-state index contributed by atoms with van der Waals surface area (Å²) in [5.74, 6) is -0.117. The number of nitrogen functional groups attached to an aromatic ring is 1. The molecule has 238 valence electrons. The normalized spacial score (nSPS) is 14.7. The van der Waals surface area contributed by atoms with Crippen LogP contribution in [0.3, 0.4) is 0 Å². The lowest BCUT2D eigenvalue weighted by Gasteiger charge is -2.25. The molecule has 0 aliphatic carbocycles. The Hall–Kier alpha value is -4.54. The SMILES string of the molecule is COC(=O)c1scc(-c2ccccc2)c1N.N#CC1CCOCC1.O=c1nc(N2CCOCC2)oc2c(-c3ccccc3)csc12. The van der Waals surface area contributed by atoms with E-state index in [1.165, 1.54) is 29.8 Å². The Morgan fingerprint density at radius 1 is 0.935 bits per heavy atom. The molecule has 46 heavy (non-hydrogen) atoms. The molecule has 0 spiro atoms. The van der Waals surface area contributed by atoms with Crippen molar-refractivity contribution in [3.05, 3.63) is 86.7 Å². The molecule has 7 rings (SSSR count). The van der Waals surface area contributed by atoms with Crippen molar-refractivity contribution < 1.29 is 23.4 Å². The molecule has 3 aromatic heterocycles. The summed E-state index contributed by atoms with van der Waals surface area (Å²) in [5.41, 5.74) is 10.7. The number of hydrogen-bond acceptors (Lipinski definition) is 12. The van der Waals surface area contributed by atoms with Gasteiger partial charge in [-0.15, -0.1) is 22.7 Å². The minimum atomic E-state index is -0.385. The molecule has 0 radical (unpaired) electrons. The van der Waals surface area contributed by atoms with E-state index in [0.717, 1.165) is 48.3 Å². The average Bonchev–Trinajstić information content (AvgIpc) is 3.74. The number of fused-ring (bicyclic) bond motifs is 1. The molecule has 0 unspecified atom stereocenters. The van der Waals surface area contributed by atoms with Gasteiger partial charge in [0, 0.05) is 48.2 Å². The zero-order chi connectivity index (χ0) is 32.3. The van der Waals surface area contributed by atoms with Gasteiger partial charge in [0.15, 0.2) is 5.58 Å². The summed E-state index contributed by atoms with van der Waals surface area (Å²) < 4.78 is 21.6. The minimum absolute atomic E-state index is 0.227. The third-order valence-corrected chi connectivity index (χ3v) is 9.31. The van der Waals surface area contributed by atoms with Crippen molar-refractivity contribution in [2.45, 2.75) is 12.8 Å². The summed E-state index contributed by atoms with van der Waals surface area (Å²) in [6, 6.07) is 22.3. The largest absolute Gasteiger partial charge is 0.465 e. The summed E-state index contributed by atoms with van der Waals surface area (Å²) in [6.07, 6.45) is 1.85. The number of nitriles is 1. The number of aromatic nitrogens is 1. The molecule has 0 atom stereocenters. The van der Waals surface area contributed by atoms with E-state index in [-0.39, 0.29) is 17.4 Å². The smallest absolute Gasteiger partial charge is 0.350 e. The van der Waals surface area contributed by atoms with Gasteiger partial charge in [-0.2, -0.15) is 10.2 Å². The fraction of sp³-hybridized carbons (Fsp3) is 0.294. The molecule has 12 heteroatoms. The third kappa shape index (κ3) is 7.99. The van der Waals surface area contributed by atoms with E-state index in [0.29, 0.717) is 53.2 Å². The number of nitrogens with zero attached hydrogens (tertiary/aromatic N) is 3. The van der Waals surface area contributed by atoms with Crippen molar-refractivity contribution >= 4 is 50.6 Å². The molecule has 2 N–H and O–H groups in total. The number of nitrogens with two attached hydrogens (primary N) is 1. The van der Waals surface area contributed by atoms with Gasteiger partial charge in [0.2, 0.25) is 0 Å². The lowest BCUT2D eigenvalue weighted by molar-refractivity contribution is 0.0607. The highest BCUT2D eigenvalue weighted by atomic mass is 32.1. The Bertz CT molecular complexity index is 1820. The van der Waals surface area contributed by atoms with Gasteiger partial charge in [0.25, 0.3) is 5.56 Å². The number of rotatable bonds is 4. The van der Waals surface area contributed by atoms with E-state index in [1.54, 1.807) is 0 Å². The number of carbonyl (C=O) groups excluding carboxylic acids is 1. The van der Waals surface area contributed by atoms with Gasteiger partial charge in [-0.05, 0) is 24.0 Å². The van der Waals surface area contributed by atoms with Crippen LogP contribution in [-0.2, 0) is 14.2 Å². The van der Waals surface area contributed by atoms with Gasteiger partial charge in [-0.3, -0.25) is 4.79 Å². The first-order valence-corrected chi connectivity index (χ1v) is 16.5. The number of thiophene rings is 2. The Balaban J connectivity index is 0.000000152. The number of ether oxygens (including phenoxy) is 3. The van der Waals surface area contributed by atoms with Crippen LogP contribution in [0.2, 0.25) is 0 Å². The summed E-state index contributed by atoms with van der Waals surface area (Å²) in [6.45, 7) is 4.17. The number of benzene rings is 2. The molecule has 10 nitrogen and oxygen atoms in total. The van der Waals surface area contributed by atoms with Crippen molar-refractivity contribution in [1.82, 2.24) is 4.98 Å².